The van der Waals surface area contributed by atoms with Crippen LogP contribution < -0.4 is 5.32 Å². The highest BCUT2D eigenvalue weighted by Crippen LogP contribution is 2.41. The highest BCUT2D eigenvalue weighted by Gasteiger charge is 2.30. The van der Waals surface area contributed by atoms with Crippen molar-refractivity contribution in [3.8, 4) is 0 Å². The molecule has 2 rings (SSSR count). The van der Waals surface area contributed by atoms with Gasteiger partial charge in [-0.1, -0.05) is 6.92 Å². The van der Waals surface area contributed by atoms with Gasteiger partial charge in [0.15, 0.2) is 0 Å². The normalized spacial score (nSPS) is 17.8. The Morgan fingerprint density at radius 2 is 2.26 bits per heavy atom. The summed E-state index contributed by atoms with van der Waals surface area (Å²) in [6, 6.07) is 0. The molecule has 0 aromatic carbocycles. The second-order valence-electron chi connectivity index (χ2n) is 5.28. The number of aromatic nitrogens is 1. The second-order valence-corrected chi connectivity index (χ2v) is 6.17. The summed E-state index contributed by atoms with van der Waals surface area (Å²) in [5, 5.41) is 14.4. The third-order valence-electron chi connectivity index (χ3n) is 3.42. The topological polar surface area (TPSA) is 79.3 Å². The van der Waals surface area contributed by atoms with Crippen molar-refractivity contribution < 1.29 is 14.7 Å². The fourth-order valence-corrected chi connectivity index (χ4v) is 2.81. The van der Waals surface area contributed by atoms with E-state index in [1.807, 2.05) is 6.92 Å². The molecule has 1 aromatic heterocycles. The summed E-state index contributed by atoms with van der Waals surface area (Å²) in [7, 11) is 0. The quantitative estimate of drug-likeness (QED) is 0.839. The van der Waals surface area contributed by atoms with Crippen LogP contribution in [0.1, 0.15) is 60.9 Å². The van der Waals surface area contributed by atoms with Gasteiger partial charge in [-0.05, 0) is 26.2 Å². The molecule has 5 nitrogen and oxygen atoms in total. The van der Waals surface area contributed by atoms with Gasteiger partial charge < -0.3 is 10.4 Å². The lowest BCUT2D eigenvalue weighted by molar-refractivity contribution is -0.138. The van der Waals surface area contributed by atoms with Gasteiger partial charge in [0, 0.05) is 16.8 Å². The molecule has 0 aliphatic heterocycles. The number of aliphatic carboxylic acids is 1. The molecule has 1 amide bonds. The van der Waals surface area contributed by atoms with Crippen molar-refractivity contribution in [2.24, 2.45) is 0 Å². The number of hydrogen-bond acceptors (Lipinski definition) is 4. The molecule has 0 spiro atoms. The van der Waals surface area contributed by atoms with Crippen molar-refractivity contribution in [3.05, 3.63) is 16.1 Å². The van der Waals surface area contributed by atoms with E-state index in [9.17, 15) is 9.59 Å². The van der Waals surface area contributed by atoms with E-state index in [0.29, 0.717) is 18.0 Å². The zero-order chi connectivity index (χ0) is 14.0. The number of amides is 1. The molecule has 2 N–H and O–H groups in total. The molecule has 1 atom stereocenters. The second kappa shape index (κ2) is 5.28. The van der Waals surface area contributed by atoms with E-state index < -0.39 is 11.5 Å². The van der Waals surface area contributed by atoms with Crippen molar-refractivity contribution in [3.63, 3.8) is 0 Å². The van der Waals surface area contributed by atoms with Crippen LogP contribution in [0.15, 0.2) is 5.38 Å². The summed E-state index contributed by atoms with van der Waals surface area (Å²) < 4.78 is 0. The van der Waals surface area contributed by atoms with Gasteiger partial charge in [-0.2, -0.15) is 0 Å². The van der Waals surface area contributed by atoms with Crippen molar-refractivity contribution in [2.75, 3.05) is 0 Å². The largest absolute Gasteiger partial charge is 0.481 e. The first kappa shape index (κ1) is 14.0. The number of carbonyl (C=O) groups excluding carboxylic acids is 1. The van der Waals surface area contributed by atoms with Crippen LogP contribution in [0.25, 0.3) is 0 Å². The lowest BCUT2D eigenvalue weighted by Crippen LogP contribution is -2.47. The molecule has 1 fully saturated rings. The highest BCUT2D eigenvalue weighted by atomic mass is 32.1. The predicted octanol–water partition coefficient (Wildman–Crippen LogP) is 2.39. The molecule has 1 aromatic rings. The van der Waals surface area contributed by atoms with Crippen LogP contribution in [-0.4, -0.2) is 27.5 Å². The highest BCUT2D eigenvalue weighted by molar-refractivity contribution is 7.10. The van der Waals surface area contributed by atoms with Gasteiger partial charge in [0.2, 0.25) is 0 Å². The van der Waals surface area contributed by atoms with Crippen molar-refractivity contribution >= 4 is 23.2 Å². The number of carbonyl (C=O) groups is 2. The Labute approximate surface area is 116 Å². The Morgan fingerprint density at radius 1 is 1.58 bits per heavy atom. The molecule has 0 radical (unpaired) electrons. The van der Waals surface area contributed by atoms with Gasteiger partial charge in [-0.25, -0.2) is 4.98 Å². The molecule has 1 aliphatic rings. The van der Waals surface area contributed by atoms with E-state index in [4.69, 9.17) is 5.11 Å². The SMILES string of the molecule is CC[C@](C)(CC(=O)O)NC(=O)c1csc(C2CC2)n1. The zero-order valence-electron chi connectivity index (χ0n) is 11.1. The van der Waals surface area contributed by atoms with E-state index in [1.165, 1.54) is 11.3 Å². The number of carboxylic acids is 1. The van der Waals surface area contributed by atoms with Crippen LogP contribution in [-0.2, 0) is 4.79 Å². The molecule has 1 saturated carbocycles. The van der Waals surface area contributed by atoms with Crippen LogP contribution in [0.3, 0.4) is 0 Å². The number of thiazole rings is 1. The molecule has 104 valence electrons. The molecular formula is C13H18N2O3S. The van der Waals surface area contributed by atoms with Gasteiger partial charge in [0.1, 0.15) is 5.69 Å². The smallest absolute Gasteiger partial charge is 0.305 e. The number of nitrogens with zero attached hydrogens (tertiary/aromatic N) is 1. The Morgan fingerprint density at radius 3 is 2.79 bits per heavy atom. The minimum Gasteiger partial charge on any atom is -0.481 e. The Bertz CT molecular complexity index is 496. The molecule has 1 heterocycles. The van der Waals surface area contributed by atoms with Gasteiger partial charge >= 0.3 is 5.97 Å². The summed E-state index contributed by atoms with van der Waals surface area (Å²) in [5.74, 6) is -0.668. The van der Waals surface area contributed by atoms with E-state index in [1.54, 1.807) is 12.3 Å². The Kier molecular flexibility index (Phi) is 3.89. The minimum absolute atomic E-state index is 0.0884. The third-order valence-corrected chi connectivity index (χ3v) is 4.43. The molecule has 0 unspecified atom stereocenters. The van der Waals surface area contributed by atoms with E-state index >= 15 is 0 Å². The maximum atomic E-state index is 12.1. The van der Waals surface area contributed by atoms with E-state index in [-0.39, 0.29) is 12.3 Å². The number of carboxylic acid groups (broad SMARTS) is 1. The molecule has 6 heteroatoms. The average molecular weight is 282 g/mol. The summed E-state index contributed by atoms with van der Waals surface area (Å²) in [6.07, 6.45) is 2.78. The van der Waals surface area contributed by atoms with Crippen molar-refractivity contribution in [2.45, 2.75) is 51.0 Å². The van der Waals surface area contributed by atoms with Crippen molar-refractivity contribution in [1.82, 2.24) is 10.3 Å². The predicted molar refractivity (Wildman–Crippen MR) is 72.5 cm³/mol. The van der Waals surface area contributed by atoms with Crippen LogP contribution in [0.2, 0.25) is 0 Å². The van der Waals surface area contributed by atoms with Crippen LogP contribution in [0.4, 0.5) is 0 Å². The number of rotatable bonds is 6. The first-order valence-corrected chi connectivity index (χ1v) is 7.31. The molecule has 19 heavy (non-hydrogen) atoms. The fraction of sp³-hybridized carbons (Fsp3) is 0.615. The third kappa shape index (κ3) is 3.53. The van der Waals surface area contributed by atoms with Gasteiger partial charge in [-0.3, -0.25) is 9.59 Å². The maximum absolute atomic E-state index is 12.1. The summed E-state index contributed by atoms with van der Waals surface area (Å²) >= 11 is 1.51. The van der Waals surface area contributed by atoms with Gasteiger partial charge in [-0.15, -0.1) is 11.3 Å². The summed E-state index contributed by atoms with van der Waals surface area (Å²) in [4.78, 5) is 27.3. The monoisotopic (exact) mass is 282 g/mol. The minimum atomic E-state index is -0.915. The molecular weight excluding hydrogens is 264 g/mol. The lowest BCUT2D eigenvalue weighted by atomic mass is 9.94. The van der Waals surface area contributed by atoms with Crippen LogP contribution in [0.5, 0.6) is 0 Å². The van der Waals surface area contributed by atoms with Crippen molar-refractivity contribution in [1.29, 1.82) is 0 Å². The summed E-state index contributed by atoms with van der Waals surface area (Å²) in [5.41, 5.74) is -0.330. The van der Waals surface area contributed by atoms with Crippen LogP contribution in [0, 0.1) is 0 Å². The first-order chi connectivity index (χ1) is 8.93. The average Bonchev–Trinajstić information content (AvgIpc) is 3.06. The lowest BCUT2D eigenvalue weighted by Gasteiger charge is -2.27. The number of hydrogen-bond donors (Lipinski definition) is 2. The number of nitrogens with one attached hydrogen (secondary N) is 1. The maximum Gasteiger partial charge on any atom is 0.305 e. The van der Waals surface area contributed by atoms with Gasteiger partial charge in [0.05, 0.1) is 11.4 Å². The fourth-order valence-electron chi connectivity index (χ4n) is 1.84. The summed E-state index contributed by atoms with van der Waals surface area (Å²) in [6.45, 7) is 3.60. The standard InChI is InChI=1S/C13H18N2O3S/c1-3-13(2,6-10(16)17)15-11(18)9-7-19-12(14-9)8-4-5-8/h7-8H,3-6H2,1-2H3,(H,15,18)(H,16,17)/t13-/m1/s1. The molecule has 0 saturated heterocycles. The van der Waals surface area contributed by atoms with E-state index in [0.717, 1.165) is 17.8 Å². The Hall–Kier alpha value is -1.43. The van der Waals surface area contributed by atoms with Crippen LogP contribution >= 0.6 is 11.3 Å². The first-order valence-electron chi connectivity index (χ1n) is 6.43. The molecule has 0 bridgehead atoms. The zero-order valence-corrected chi connectivity index (χ0v) is 11.9. The van der Waals surface area contributed by atoms with E-state index in [2.05, 4.69) is 10.3 Å². The molecule has 1 aliphatic carbocycles. The van der Waals surface area contributed by atoms with Gasteiger partial charge in [0.25, 0.3) is 5.91 Å². The Balaban J connectivity index is 2.03.